The van der Waals surface area contributed by atoms with Gasteiger partial charge < -0.3 is 14.5 Å². The maximum absolute atomic E-state index is 5.99. The third kappa shape index (κ3) is 3.62. The summed E-state index contributed by atoms with van der Waals surface area (Å²) in [5, 5.41) is 2.39. The van der Waals surface area contributed by atoms with Gasteiger partial charge in [-0.05, 0) is 75.4 Å². The Morgan fingerprint density at radius 3 is 1.59 bits per heavy atom. The number of aromatic amines is 1. The largest absolute Gasteiger partial charge is 0.492 e. The van der Waals surface area contributed by atoms with Crippen molar-refractivity contribution >= 4 is 21.8 Å². The fourth-order valence-corrected chi connectivity index (χ4v) is 3.83. The first-order chi connectivity index (χ1) is 13.3. The zero-order valence-electron chi connectivity index (χ0n) is 15.7. The lowest BCUT2D eigenvalue weighted by molar-refractivity contribution is 0.147. The molecule has 0 saturated carbocycles. The Hall–Kier alpha value is -2.24. The lowest BCUT2D eigenvalue weighted by Gasteiger charge is -2.30. The normalized spacial score (nSPS) is 17.8. The molecule has 0 spiro atoms. The number of fused-ring (bicyclic) bond motifs is 3. The SMILES string of the molecule is c1cc2[nH]c3ccc(OCCN4CCC4)cc3c2cc1OCCN1CCC1. The van der Waals surface area contributed by atoms with E-state index in [9.17, 15) is 0 Å². The summed E-state index contributed by atoms with van der Waals surface area (Å²) < 4.78 is 12.0. The molecule has 0 aliphatic carbocycles. The van der Waals surface area contributed by atoms with Gasteiger partial charge in [0.15, 0.2) is 0 Å². The molecule has 0 atom stereocenters. The number of nitrogens with zero attached hydrogens (tertiary/aromatic N) is 2. The molecule has 2 saturated heterocycles. The van der Waals surface area contributed by atoms with E-state index in [0.717, 1.165) is 48.8 Å². The van der Waals surface area contributed by atoms with Crippen LogP contribution in [-0.4, -0.2) is 67.3 Å². The van der Waals surface area contributed by atoms with Gasteiger partial charge in [-0.1, -0.05) is 0 Å². The van der Waals surface area contributed by atoms with E-state index in [1.165, 1.54) is 49.8 Å². The van der Waals surface area contributed by atoms with Crippen LogP contribution in [0.3, 0.4) is 0 Å². The monoisotopic (exact) mass is 365 g/mol. The minimum absolute atomic E-state index is 0.749. The number of rotatable bonds is 8. The molecule has 3 aromatic rings. The number of hydrogen-bond donors (Lipinski definition) is 1. The van der Waals surface area contributed by atoms with Crippen molar-refractivity contribution in [2.75, 3.05) is 52.5 Å². The van der Waals surface area contributed by atoms with Crippen LogP contribution in [0.1, 0.15) is 12.8 Å². The maximum atomic E-state index is 5.99. The van der Waals surface area contributed by atoms with Crippen molar-refractivity contribution in [2.45, 2.75) is 12.8 Å². The zero-order valence-corrected chi connectivity index (χ0v) is 15.7. The molecule has 0 bridgehead atoms. The lowest BCUT2D eigenvalue weighted by Crippen LogP contribution is -2.39. The Kier molecular flexibility index (Phi) is 4.64. The van der Waals surface area contributed by atoms with Gasteiger partial charge in [0.1, 0.15) is 24.7 Å². The van der Waals surface area contributed by atoms with Crippen LogP contribution in [0.2, 0.25) is 0 Å². The molecule has 2 fully saturated rings. The number of H-pyrrole nitrogens is 1. The van der Waals surface area contributed by atoms with Gasteiger partial charge in [0.25, 0.3) is 0 Å². The number of aromatic nitrogens is 1. The molecular weight excluding hydrogens is 338 g/mol. The summed E-state index contributed by atoms with van der Waals surface area (Å²) >= 11 is 0. The van der Waals surface area contributed by atoms with E-state index in [1.54, 1.807) is 0 Å². The molecule has 2 aromatic carbocycles. The van der Waals surface area contributed by atoms with Crippen molar-refractivity contribution in [3.8, 4) is 11.5 Å². The molecule has 5 nitrogen and oxygen atoms in total. The molecule has 142 valence electrons. The molecular formula is C22H27N3O2. The van der Waals surface area contributed by atoms with Gasteiger partial charge in [0.2, 0.25) is 0 Å². The fraction of sp³-hybridized carbons (Fsp3) is 0.455. The molecule has 5 heteroatoms. The van der Waals surface area contributed by atoms with Gasteiger partial charge in [-0.3, -0.25) is 9.80 Å². The summed E-state index contributed by atoms with van der Waals surface area (Å²) in [6.07, 6.45) is 2.65. The van der Waals surface area contributed by atoms with Gasteiger partial charge in [-0.15, -0.1) is 0 Å². The maximum Gasteiger partial charge on any atom is 0.120 e. The van der Waals surface area contributed by atoms with Crippen molar-refractivity contribution in [1.82, 2.24) is 14.8 Å². The fourth-order valence-electron chi connectivity index (χ4n) is 3.83. The number of benzene rings is 2. The molecule has 0 unspecified atom stereocenters. The summed E-state index contributed by atoms with van der Waals surface area (Å²) in [5.41, 5.74) is 2.27. The van der Waals surface area contributed by atoms with Crippen LogP contribution in [0, 0.1) is 0 Å². The average Bonchev–Trinajstić information content (AvgIpc) is 2.96. The van der Waals surface area contributed by atoms with Crippen molar-refractivity contribution in [3.63, 3.8) is 0 Å². The van der Waals surface area contributed by atoms with E-state index in [1.807, 2.05) is 0 Å². The second kappa shape index (κ2) is 7.41. The van der Waals surface area contributed by atoms with Crippen LogP contribution in [0.15, 0.2) is 36.4 Å². The molecule has 27 heavy (non-hydrogen) atoms. The van der Waals surface area contributed by atoms with Crippen molar-refractivity contribution in [1.29, 1.82) is 0 Å². The lowest BCUT2D eigenvalue weighted by atomic mass is 10.1. The summed E-state index contributed by atoms with van der Waals surface area (Å²) in [6.45, 7) is 8.38. The first-order valence-electron chi connectivity index (χ1n) is 10.1. The van der Waals surface area contributed by atoms with Crippen LogP contribution in [0.25, 0.3) is 21.8 Å². The second-order valence-electron chi connectivity index (χ2n) is 7.63. The highest BCUT2D eigenvalue weighted by molar-refractivity contribution is 6.08. The second-order valence-corrected chi connectivity index (χ2v) is 7.63. The first-order valence-corrected chi connectivity index (χ1v) is 10.1. The highest BCUT2D eigenvalue weighted by atomic mass is 16.5. The van der Waals surface area contributed by atoms with E-state index in [0.29, 0.717) is 0 Å². The van der Waals surface area contributed by atoms with E-state index in [4.69, 9.17) is 9.47 Å². The van der Waals surface area contributed by atoms with Crippen LogP contribution in [-0.2, 0) is 0 Å². The highest BCUT2D eigenvalue weighted by Gasteiger charge is 2.14. The first kappa shape index (κ1) is 16.9. The molecule has 2 aliphatic heterocycles. The Bertz CT molecular complexity index is 854. The predicted molar refractivity (Wildman–Crippen MR) is 109 cm³/mol. The van der Waals surface area contributed by atoms with Crippen molar-refractivity contribution < 1.29 is 9.47 Å². The third-order valence-electron chi connectivity index (χ3n) is 5.79. The number of hydrogen-bond acceptors (Lipinski definition) is 4. The van der Waals surface area contributed by atoms with Gasteiger partial charge in [-0.2, -0.15) is 0 Å². The van der Waals surface area contributed by atoms with Gasteiger partial charge in [-0.25, -0.2) is 0 Å². The molecule has 1 aromatic heterocycles. The Labute approximate surface area is 159 Å². The number of nitrogens with one attached hydrogen (secondary N) is 1. The topological polar surface area (TPSA) is 40.7 Å². The summed E-state index contributed by atoms with van der Waals surface area (Å²) in [7, 11) is 0. The average molecular weight is 365 g/mol. The van der Waals surface area contributed by atoms with Gasteiger partial charge in [0, 0.05) is 34.9 Å². The van der Waals surface area contributed by atoms with E-state index in [2.05, 4.69) is 51.2 Å². The van der Waals surface area contributed by atoms with E-state index in [-0.39, 0.29) is 0 Å². The highest BCUT2D eigenvalue weighted by Crippen LogP contribution is 2.31. The molecule has 0 amide bonds. The van der Waals surface area contributed by atoms with Crippen molar-refractivity contribution in [3.05, 3.63) is 36.4 Å². The van der Waals surface area contributed by atoms with Gasteiger partial charge in [0.05, 0.1) is 0 Å². The quantitative estimate of drug-likeness (QED) is 0.663. The molecule has 5 rings (SSSR count). The standard InChI is InChI=1S/C22H27N3O2/c1-7-24(8-1)11-13-26-17-3-5-21-19(15-17)20-16-18(4-6-22(20)23-21)27-14-12-25-9-2-10-25/h3-6,15-16,23H,1-2,7-14H2. The van der Waals surface area contributed by atoms with E-state index < -0.39 is 0 Å². The zero-order chi connectivity index (χ0) is 18.1. The minimum Gasteiger partial charge on any atom is -0.492 e. The molecule has 0 radical (unpaired) electrons. The molecule has 3 heterocycles. The van der Waals surface area contributed by atoms with Gasteiger partial charge >= 0.3 is 0 Å². The third-order valence-corrected chi connectivity index (χ3v) is 5.79. The summed E-state index contributed by atoms with van der Waals surface area (Å²) in [5.74, 6) is 1.88. The Morgan fingerprint density at radius 1 is 0.704 bits per heavy atom. The Morgan fingerprint density at radius 2 is 1.19 bits per heavy atom. The van der Waals surface area contributed by atoms with E-state index >= 15 is 0 Å². The van der Waals surface area contributed by atoms with Crippen LogP contribution in [0.4, 0.5) is 0 Å². The number of ether oxygens (including phenoxy) is 2. The van der Waals surface area contributed by atoms with Crippen molar-refractivity contribution in [2.24, 2.45) is 0 Å². The van der Waals surface area contributed by atoms with Crippen LogP contribution < -0.4 is 9.47 Å². The smallest absolute Gasteiger partial charge is 0.120 e. The predicted octanol–water partition coefficient (Wildman–Crippen LogP) is 3.49. The molecule has 2 aliphatic rings. The summed E-state index contributed by atoms with van der Waals surface area (Å²) in [6, 6.07) is 12.6. The minimum atomic E-state index is 0.749. The Balaban J connectivity index is 1.30. The number of likely N-dealkylation sites (tertiary alicyclic amines) is 2. The summed E-state index contributed by atoms with van der Waals surface area (Å²) in [4.78, 5) is 8.34. The van der Waals surface area contributed by atoms with Crippen LogP contribution in [0.5, 0.6) is 11.5 Å². The van der Waals surface area contributed by atoms with Crippen LogP contribution >= 0.6 is 0 Å². The molecule has 1 N–H and O–H groups in total.